The third-order valence-corrected chi connectivity index (χ3v) is 2.93. The van der Waals surface area contributed by atoms with Crippen LogP contribution in [0.1, 0.15) is 12.5 Å². The van der Waals surface area contributed by atoms with Gasteiger partial charge in [0.1, 0.15) is 0 Å². The molecule has 1 amide bonds. The molecule has 78 valence electrons. The smallest absolute Gasteiger partial charge is 0.224 e. The molecule has 0 radical (unpaired) electrons. The summed E-state index contributed by atoms with van der Waals surface area (Å²) in [5.41, 5.74) is 1.76. The van der Waals surface area contributed by atoms with Crippen molar-refractivity contribution in [2.24, 2.45) is 0 Å². The second-order valence-corrected chi connectivity index (χ2v) is 4.51. The number of ketones is 1. The van der Waals surface area contributed by atoms with E-state index in [0.717, 1.165) is 15.7 Å². The molecule has 1 aromatic rings. The van der Waals surface area contributed by atoms with Gasteiger partial charge in [0.25, 0.3) is 0 Å². The molecule has 15 heavy (non-hydrogen) atoms. The van der Waals surface area contributed by atoms with Crippen LogP contribution in [0.15, 0.2) is 22.7 Å². The molecule has 0 saturated heterocycles. The van der Waals surface area contributed by atoms with Crippen molar-refractivity contribution in [3.05, 3.63) is 28.2 Å². The molecule has 0 bridgehead atoms. The van der Waals surface area contributed by atoms with E-state index >= 15 is 0 Å². The van der Waals surface area contributed by atoms with E-state index in [9.17, 15) is 9.59 Å². The molecule has 0 fully saturated rings. The van der Waals surface area contributed by atoms with Gasteiger partial charge in [0.15, 0.2) is 5.78 Å². The Morgan fingerprint density at radius 1 is 1.47 bits per heavy atom. The lowest BCUT2D eigenvalue weighted by Crippen LogP contribution is -2.38. The van der Waals surface area contributed by atoms with E-state index in [-0.39, 0.29) is 18.2 Å². The SMILES string of the molecule is CC(=O)N1CC(=O)Cc2cc(Br)ccc21. The number of anilines is 1. The first kappa shape index (κ1) is 10.4. The summed E-state index contributed by atoms with van der Waals surface area (Å²) in [6, 6.07) is 5.64. The Morgan fingerprint density at radius 2 is 2.20 bits per heavy atom. The predicted molar refractivity (Wildman–Crippen MR) is 60.9 cm³/mol. The summed E-state index contributed by atoms with van der Waals surface area (Å²) < 4.78 is 0.930. The van der Waals surface area contributed by atoms with Gasteiger partial charge < -0.3 is 4.90 Å². The molecule has 2 rings (SSSR count). The molecule has 1 heterocycles. The number of nitrogens with zero attached hydrogens (tertiary/aromatic N) is 1. The Balaban J connectivity index is 2.51. The molecule has 0 atom stereocenters. The van der Waals surface area contributed by atoms with Gasteiger partial charge in [-0.2, -0.15) is 0 Å². The van der Waals surface area contributed by atoms with Crippen LogP contribution >= 0.6 is 15.9 Å². The third kappa shape index (κ3) is 1.95. The molecule has 0 saturated carbocycles. The molecule has 0 aromatic heterocycles. The number of fused-ring (bicyclic) bond motifs is 1. The number of hydrogen-bond acceptors (Lipinski definition) is 2. The maximum atomic E-state index is 11.4. The van der Waals surface area contributed by atoms with E-state index in [1.54, 1.807) is 0 Å². The fourth-order valence-corrected chi connectivity index (χ4v) is 2.18. The Labute approximate surface area is 96.2 Å². The van der Waals surface area contributed by atoms with Crippen molar-refractivity contribution in [1.82, 2.24) is 0 Å². The number of Topliss-reactive ketones (excluding diaryl/α,β-unsaturated/α-hetero) is 1. The maximum absolute atomic E-state index is 11.4. The number of hydrogen-bond donors (Lipinski definition) is 0. The van der Waals surface area contributed by atoms with Crippen LogP contribution in [0.5, 0.6) is 0 Å². The van der Waals surface area contributed by atoms with Crippen LogP contribution in [0.4, 0.5) is 5.69 Å². The van der Waals surface area contributed by atoms with Crippen molar-refractivity contribution in [2.45, 2.75) is 13.3 Å². The van der Waals surface area contributed by atoms with Gasteiger partial charge in [-0.25, -0.2) is 0 Å². The van der Waals surface area contributed by atoms with Crippen molar-refractivity contribution in [1.29, 1.82) is 0 Å². The highest BCUT2D eigenvalue weighted by Crippen LogP contribution is 2.28. The minimum atomic E-state index is -0.0911. The largest absolute Gasteiger partial charge is 0.305 e. The van der Waals surface area contributed by atoms with E-state index in [2.05, 4.69) is 15.9 Å². The molecule has 3 nitrogen and oxygen atoms in total. The number of amides is 1. The van der Waals surface area contributed by atoms with Crippen molar-refractivity contribution in [2.75, 3.05) is 11.4 Å². The van der Waals surface area contributed by atoms with Gasteiger partial charge in [0.05, 0.1) is 6.54 Å². The minimum absolute atomic E-state index is 0.0794. The van der Waals surface area contributed by atoms with Crippen LogP contribution in [0.2, 0.25) is 0 Å². The zero-order valence-corrected chi connectivity index (χ0v) is 9.87. The summed E-state index contributed by atoms with van der Waals surface area (Å²) in [4.78, 5) is 24.3. The highest BCUT2D eigenvalue weighted by atomic mass is 79.9. The Bertz CT molecular complexity index is 442. The monoisotopic (exact) mass is 267 g/mol. The van der Waals surface area contributed by atoms with Gasteiger partial charge in [-0.15, -0.1) is 0 Å². The van der Waals surface area contributed by atoms with Crippen LogP contribution in [-0.2, 0) is 16.0 Å². The predicted octanol–water partition coefficient (Wildman–Crippen LogP) is 1.93. The van der Waals surface area contributed by atoms with Gasteiger partial charge in [-0.3, -0.25) is 9.59 Å². The van der Waals surface area contributed by atoms with Gasteiger partial charge in [-0.05, 0) is 23.8 Å². The number of benzene rings is 1. The molecule has 0 aliphatic carbocycles. The van der Waals surface area contributed by atoms with Gasteiger partial charge in [0, 0.05) is 23.5 Å². The van der Waals surface area contributed by atoms with Crippen molar-refractivity contribution in [3.8, 4) is 0 Å². The van der Waals surface area contributed by atoms with Gasteiger partial charge in [0.2, 0.25) is 5.91 Å². The first-order valence-corrected chi connectivity index (χ1v) is 5.45. The lowest BCUT2D eigenvalue weighted by atomic mass is 10.0. The quantitative estimate of drug-likeness (QED) is 0.721. The van der Waals surface area contributed by atoms with Crippen LogP contribution < -0.4 is 4.90 Å². The van der Waals surface area contributed by atoms with Crippen molar-refractivity contribution < 1.29 is 9.59 Å². The maximum Gasteiger partial charge on any atom is 0.224 e. The van der Waals surface area contributed by atoms with E-state index < -0.39 is 0 Å². The molecule has 0 unspecified atom stereocenters. The van der Waals surface area contributed by atoms with Crippen molar-refractivity contribution >= 4 is 33.3 Å². The summed E-state index contributed by atoms with van der Waals surface area (Å²) in [6.07, 6.45) is 0.415. The fourth-order valence-electron chi connectivity index (χ4n) is 1.77. The number of carbonyl (C=O) groups is 2. The average Bonchev–Trinajstić information content (AvgIpc) is 2.15. The van der Waals surface area contributed by atoms with E-state index in [1.165, 1.54) is 11.8 Å². The molecule has 4 heteroatoms. The van der Waals surface area contributed by atoms with Crippen LogP contribution in [0.3, 0.4) is 0 Å². The first-order chi connectivity index (χ1) is 7.08. The van der Waals surface area contributed by atoms with Crippen LogP contribution in [0.25, 0.3) is 0 Å². The van der Waals surface area contributed by atoms with Gasteiger partial charge >= 0.3 is 0 Å². The summed E-state index contributed by atoms with van der Waals surface area (Å²) in [5, 5.41) is 0. The fraction of sp³-hybridized carbons (Fsp3) is 0.273. The summed E-state index contributed by atoms with van der Waals surface area (Å²) in [5.74, 6) is -0.0116. The molecular weight excluding hydrogens is 258 g/mol. The van der Waals surface area contributed by atoms with Crippen LogP contribution in [-0.4, -0.2) is 18.2 Å². The van der Waals surface area contributed by atoms with Gasteiger partial charge in [-0.1, -0.05) is 15.9 Å². The highest BCUT2D eigenvalue weighted by Gasteiger charge is 2.24. The Morgan fingerprint density at radius 3 is 2.87 bits per heavy atom. The van der Waals surface area contributed by atoms with Crippen molar-refractivity contribution in [3.63, 3.8) is 0 Å². The molecular formula is C11H10BrNO2. The zero-order valence-electron chi connectivity index (χ0n) is 8.29. The first-order valence-electron chi connectivity index (χ1n) is 4.66. The summed E-state index contributed by atoms with van der Waals surface area (Å²) in [7, 11) is 0. The minimum Gasteiger partial charge on any atom is -0.305 e. The second kappa shape index (κ2) is 3.77. The Hall–Kier alpha value is -1.16. The lowest BCUT2D eigenvalue weighted by Gasteiger charge is -2.27. The molecule has 1 aliphatic rings. The molecule has 0 spiro atoms. The number of carbonyl (C=O) groups excluding carboxylic acids is 2. The molecule has 0 N–H and O–H groups in total. The van der Waals surface area contributed by atoms with E-state index in [4.69, 9.17) is 0 Å². The standard InChI is InChI=1S/C11H10BrNO2/c1-7(14)13-6-10(15)5-8-4-9(12)2-3-11(8)13/h2-4H,5-6H2,1H3. The topological polar surface area (TPSA) is 37.4 Å². The highest BCUT2D eigenvalue weighted by molar-refractivity contribution is 9.10. The molecule has 1 aliphatic heterocycles. The van der Waals surface area contributed by atoms with E-state index in [1.807, 2.05) is 18.2 Å². The number of rotatable bonds is 0. The molecule has 1 aromatic carbocycles. The van der Waals surface area contributed by atoms with E-state index in [0.29, 0.717) is 6.42 Å². The Kier molecular flexibility index (Phi) is 2.61. The zero-order chi connectivity index (χ0) is 11.0. The summed E-state index contributed by atoms with van der Waals surface area (Å²) in [6.45, 7) is 1.67. The lowest BCUT2D eigenvalue weighted by molar-refractivity contribution is -0.121. The van der Waals surface area contributed by atoms with Crippen LogP contribution in [0, 0.1) is 0 Å². The average molecular weight is 268 g/mol. The normalized spacial score (nSPS) is 15.1. The third-order valence-electron chi connectivity index (χ3n) is 2.43. The second-order valence-electron chi connectivity index (χ2n) is 3.59. The summed E-state index contributed by atoms with van der Waals surface area (Å²) >= 11 is 3.35. The number of halogens is 1.